The first-order chi connectivity index (χ1) is 9.85. The van der Waals surface area contributed by atoms with Crippen molar-refractivity contribution >= 4 is 27.3 Å². The molecule has 0 saturated carbocycles. The van der Waals surface area contributed by atoms with Gasteiger partial charge >= 0.3 is 0 Å². The van der Waals surface area contributed by atoms with Crippen molar-refractivity contribution in [3.8, 4) is 0 Å². The molecule has 1 saturated heterocycles. The molecule has 1 aromatic rings. The summed E-state index contributed by atoms with van der Waals surface area (Å²) in [7, 11) is -2.14. The summed E-state index contributed by atoms with van der Waals surface area (Å²) in [6, 6.07) is 4.67. The topological polar surface area (TPSA) is 119 Å². The zero-order chi connectivity index (χ0) is 15.6. The summed E-state index contributed by atoms with van der Waals surface area (Å²) in [5.41, 5.74) is 12.5. The molecule has 0 unspecified atom stereocenters. The molecule has 0 aliphatic carbocycles. The van der Waals surface area contributed by atoms with Gasteiger partial charge in [0, 0.05) is 19.0 Å². The number of amides is 1. The van der Waals surface area contributed by atoms with Gasteiger partial charge in [-0.1, -0.05) is 0 Å². The largest absolute Gasteiger partial charge is 0.397 e. The first kappa shape index (κ1) is 15.6. The summed E-state index contributed by atoms with van der Waals surface area (Å²) in [4.78, 5) is 13.3. The number of carbonyl (C=O) groups excluding carboxylic acids is 1. The zero-order valence-electron chi connectivity index (χ0n) is 11.9. The van der Waals surface area contributed by atoms with Crippen LogP contribution in [0.25, 0.3) is 0 Å². The van der Waals surface area contributed by atoms with E-state index in [1.54, 1.807) is 6.07 Å². The van der Waals surface area contributed by atoms with Crippen LogP contribution in [-0.4, -0.2) is 34.5 Å². The van der Waals surface area contributed by atoms with E-state index in [0.29, 0.717) is 31.6 Å². The van der Waals surface area contributed by atoms with Crippen LogP contribution in [-0.2, 0) is 14.8 Å². The van der Waals surface area contributed by atoms with Gasteiger partial charge in [-0.25, -0.2) is 13.1 Å². The molecule has 0 aromatic heterocycles. The Kier molecular flexibility index (Phi) is 4.38. The molecule has 1 fully saturated rings. The normalized spacial score (nSPS) is 16.9. The molecule has 0 spiro atoms. The maximum Gasteiger partial charge on any atom is 0.240 e. The monoisotopic (exact) mass is 312 g/mol. The van der Waals surface area contributed by atoms with Gasteiger partial charge in [0.1, 0.15) is 0 Å². The van der Waals surface area contributed by atoms with Gasteiger partial charge in [-0.2, -0.15) is 0 Å². The molecule has 5 N–H and O–H groups in total. The number of hydrogen-bond donors (Lipinski definition) is 3. The van der Waals surface area contributed by atoms with E-state index in [0.717, 1.165) is 5.69 Å². The fourth-order valence-electron chi connectivity index (χ4n) is 2.51. The number of sulfonamides is 1. The molecule has 1 amide bonds. The third kappa shape index (κ3) is 3.27. The van der Waals surface area contributed by atoms with E-state index in [2.05, 4.69) is 4.72 Å². The van der Waals surface area contributed by atoms with Gasteiger partial charge in [-0.15, -0.1) is 0 Å². The number of carbonyl (C=O) groups is 1. The number of anilines is 2. The molecule has 7 nitrogen and oxygen atoms in total. The highest BCUT2D eigenvalue weighted by atomic mass is 32.2. The van der Waals surface area contributed by atoms with Gasteiger partial charge in [0.2, 0.25) is 15.9 Å². The number of rotatable bonds is 4. The number of primary amides is 1. The number of benzene rings is 1. The van der Waals surface area contributed by atoms with Crippen molar-refractivity contribution in [2.45, 2.75) is 17.7 Å². The van der Waals surface area contributed by atoms with E-state index in [4.69, 9.17) is 11.5 Å². The molecule has 1 aromatic carbocycles. The van der Waals surface area contributed by atoms with Gasteiger partial charge < -0.3 is 16.4 Å². The maximum absolute atomic E-state index is 11.7. The summed E-state index contributed by atoms with van der Waals surface area (Å²) in [6.45, 7) is 1.35. The fraction of sp³-hybridized carbons (Fsp3) is 0.462. The predicted octanol–water partition coefficient (Wildman–Crippen LogP) is -0.121. The number of nitrogens with one attached hydrogen (secondary N) is 1. The van der Waals surface area contributed by atoms with E-state index < -0.39 is 10.0 Å². The molecule has 116 valence electrons. The predicted molar refractivity (Wildman–Crippen MR) is 81.2 cm³/mol. The number of nitrogen functional groups attached to an aromatic ring is 1. The van der Waals surface area contributed by atoms with Crippen LogP contribution in [0.5, 0.6) is 0 Å². The quantitative estimate of drug-likeness (QED) is 0.670. The zero-order valence-corrected chi connectivity index (χ0v) is 12.7. The summed E-state index contributed by atoms with van der Waals surface area (Å²) in [5, 5.41) is 0. The minimum atomic E-state index is -3.50. The molecule has 21 heavy (non-hydrogen) atoms. The van der Waals surface area contributed by atoms with Crippen LogP contribution in [0, 0.1) is 5.92 Å². The van der Waals surface area contributed by atoms with Crippen LogP contribution in [0.2, 0.25) is 0 Å². The van der Waals surface area contributed by atoms with Crippen molar-refractivity contribution in [2.24, 2.45) is 11.7 Å². The van der Waals surface area contributed by atoms with Gasteiger partial charge in [0.25, 0.3) is 0 Å². The van der Waals surface area contributed by atoms with E-state index in [1.165, 1.54) is 19.2 Å². The lowest BCUT2D eigenvalue weighted by molar-refractivity contribution is -0.122. The molecule has 1 aliphatic heterocycles. The van der Waals surface area contributed by atoms with Crippen molar-refractivity contribution in [3.63, 3.8) is 0 Å². The summed E-state index contributed by atoms with van der Waals surface area (Å²) >= 11 is 0. The fourth-order valence-corrected chi connectivity index (χ4v) is 3.28. The number of nitrogens with two attached hydrogens (primary N) is 2. The van der Waals surface area contributed by atoms with Crippen LogP contribution < -0.4 is 21.1 Å². The van der Waals surface area contributed by atoms with Crippen LogP contribution in [0.1, 0.15) is 12.8 Å². The molecular formula is C13H20N4O3S. The molecule has 1 heterocycles. The molecule has 0 radical (unpaired) electrons. The number of piperidine rings is 1. The van der Waals surface area contributed by atoms with Gasteiger partial charge in [0.15, 0.2) is 0 Å². The molecule has 0 bridgehead atoms. The van der Waals surface area contributed by atoms with Crippen LogP contribution >= 0.6 is 0 Å². The molecule has 2 rings (SSSR count). The van der Waals surface area contributed by atoms with Crippen LogP contribution in [0.3, 0.4) is 0 Å². The minimum absolute atomic E-state index is 0.0913. The molecular weight excluding hydrogens is 292 g/mol. The van der Waals surface area contributed by atoms with E-state index in [1.807, 2.05) is 4.90 Å². The molecule has 0 atom stereocenters. The number of nitrogens with zero attached hydrogens (tertiary/aromatic N) is 1. The van der Waals surface area contributed by atoms with Crippen LogP contribution in [0.4, 0.5) is 11.4 Å². The smallest absolute Gasteiger partial charge is 0.240 e. The highest BCUT2D eigenvalue weighted by Gasteiger charge is 2.24. The Morgan fingerprint density at radius 3 is 2.43 bits per heavy atom. The Morgan fingerprint density at radius 2 is 1.95 bits per heavy atom. The third-order valence-electron chi connectivity index (χ3n) is 3.82. The van der Waals surface area contributed by atoms with E-state index in [-0.39, 0.29) is 16.7 Å². The van der Waals surface area contributed by atoms with E-state index in [9.17, 15) is 13.2 Å². The lowest BCUT2D eigenvalue weighted by Gasteiger charge is -2.33. The SMILES string of the molecule is CNS(=O)(=O)c1ccc(N2CCC(C(N)=O)CC2)c(N)c1. The second-order valence-corrected chi connectivity index (χ2v) is 6.98. The van der Waals surface area contributed by atoms with Crippen LogP contribution in [0.15, 0.2) is 23.1 Å². The Labute approximate surface area is 124 Å². The van der Waals surface area contributed by atoms with Crippen molar-refractivity contribution < 1.29 is 13.2 Å². The maximum atomic E-state index is 11.7. The van der Waals surface area contributed by atoms with Gasteiger partial charge in [-0.3, -0.25) is 4.79 Å². The average Bonchev–Trinajstić information content (AvgIpc) is 2.47. The summed E-state index contributed by atoms with van der Waals surface area (Å²) in [6.07, 6.45) is 1.37. The average molecular weight is 312 g/mol. The van der Waals surface area contributed by atoms with Gasteiger partial charge in [-0.05, 0) is 38.1 Å². The van der Waals surface area contributed by atoms with Crippen molar-refractivity contribution in [3.05, 3.63) is 18.2 Å². The lowest BCUT2D eigenvalue weighted by Crippen LogP contribution is -2.38. The second-order valence-electron chi connectivity index (χ2n) is 5.09. The van der Waals surface area contributed by atoms with Gasteiger partial charge in [0.05, 0.1) is 16.3 Å². The number of hydrogen-bond acceptors (Lipinski definition) is 5. The highest BCUT2D eigenvalue weighted by Crippen LogP contribution is 2.29. The second kappa shape index (κ2) is 5.90. The summed E-state index contributed by atoms with van der Waals surface area (Å²) < 4.78 is 25.7. The summed E-state index contributed by atoms with van der Waals surface area (Å²) in [5.74, 6) is -0.357. The van der Waals surface area contributed by atoms with Crippen molar-refractivity contribution in [2.75, 3.05) is 30.8 Å². The molecule has 8 heteroatoms. The first-order valence-corrected chi connectivity index (χ1v) is 8.21. The third-order valence-corrected chi connectivity index (χ3v) is 5.23. The standard InChI is InChI=1S/C13H20N4O3S/c1-16-21(19,20)10-2-3-12(11(14)8-10)17-6-4-9(5-7-17)13(15)18/h2-3,8-9,16H,4-7,14H2,1H3,(H2,15,18). The molecule has 1 aliphatic rings. The minimum Gasteiger partial charge on any atom is -0.397 e. The van der Waals surface area contributed by atoms with Crippen molar-refractivity contribution in [1.82, 2.24) is 4.72 Å². The van der Waals surface area contributed by atoms with E-state index >= 15 is 0 Å². The Balaban J connectivity index is 2.18. The highest BCUT2D eigenvalue weighted by molar-refractivity contribution is 7.89. The Bertz CT molecular complexity index is 637. The Hall–Kier alpha value is -1.80. The Morgan fingerprint density at radius 1 is 1.33 bits per heavy atom. The first-order valence-electron chi connectivity index (χ1n) is 6.72. The van der Waals surface area contributed by atoms with Crippen molar-refractivity contribution in [1.29, 1.82) is 0 Å². The lowest BCUT2D eigenvalue weighted by atomic mass is 9.96.